The summed E-state index contributed by atoms with van der Waals surface area (Å²) in [7, 11) is 0. The van der Waals surface area contributed by atoms with Gasteiger partial charge in [0.2, 0.25) is 0 Å². The molecule has 0 radical (unpaired) electrons. The molecule has 104 valence electrons. The third-order valence-electron chi connectivity index (χ3n) is 3.68. The average molecular weight is 271 g/mol. The minimum absolute atomic E-state index is 0.0190. The zero-order valence-electron chi connectivity index (χ0n) is 11.1. The first-order valence-electron chi connectivity index (χ1n) is 6.82. The number of hydrogen-bond donors (Lipinski definition) is 1. The molecule has 0 saturated carbocycles. The fourth-order valence-corrected chi connectivity index (χ4v) is 2.60. The summed E-state index contributed by atoms with van der Waals surface area (Å²) in [5.41, 5.74) is 1.35. The number of benzene rings is 1. The van der Waals surface area contributed by atoms with Crippen molar-refractivity contribution in [3.8, 4) is 5.69 Å². The van der Waals surface area contributed by atoms with Gasteiger partial charge in [0.15, 0.2) is 5.69 Å². The van der Waals surface area contributed by atoms with E-state index in [4.69, 9.17) is 0 Å². The Labute approximate surface area is 117 Å². The Balaban J connectivity index is 1.82. The number of amides is 1. The van der Waals surface area contributed by atoms with Crippen molar-refractivity contribution >= 4 is 5.91 Å². The highest BCUT2D eigenvalue weighted by Gasteiger charge is 2.29. The monoisotopic (exact) mass is 271 g/mol. The summed E-state index contributed by atoms with van der Waals surface area (Å²) in [6.07, 6.45) is 3.59. The zero-order chi connectivity index (χ0) is 13.9. The molecule has 1 aliphatic heterocycles. The second-order valence-electron chi connectivity index (χ2n) is 4.96. The minimum atomic E-state index is -0.101. The molecule has 1 saturated heterocycles. The van der Waals surface area contributed by atoms with Crippen LogP contribution in [0, 0.1) is 0 Å². The number of carbonyl (C=O) groups is 1. The number of hydrogen-bond acceptors (Lipinski definition) is 3. The fraction of sp³-hybridized carbons (Fsp3) is 0.333. The van der Waals surface area contributed by atoms with Gasteiger partial charge in [0.1, 0.15) is 0 Å². The summed E-state index contributed by atoms with van der Waals surface area (Å²) in [6.45, 7) is 0.716. The molecule has 1 N–H and O–H groups in total. The molecule has 1 amide bonds. The normalized spacial score (nSPS) is 18.4. The van der Waals surface area contributed by atoms with Gasteiger partial charge in [-0.2, -0.15) is 5.10 Å². The molecule has 1 fully saturated rings. The molecule has 1 aliphatic rings. The maximum Gasteiger partial charge on any atom is 0.274 e. The van der Waals surface area contributed by atoms with Crippen LogP contribution in [-0.4, -0.2) is 44.9 Å². The van der Waals surface area contributed by atoms with Crippen molar-refractivity contribution in [2.24, 2.45) is 0 Å². The van der Waals surface area contributed by atoms with Crippen LogP contribution in [0.2, 0.25) is 0 Å². The number of nitrogens with zero attached hydrogens (tertiary/aromatic N) is 3. The van der Waals surface area contributed by atoms with E-state index in [9.17, 15) is 9.90 Å². The van der Waals surface area contributed by atoms with Crippen LogP contribution >= 0.6 is 0 Å². The number of aliphatic hydroxyl groups excluding tert-OH is 1. The summed E-state index contributed by atoms with van der Waals surface area (Å²) in [6, 6.07) is 11.3. The largest absolute Gasteiger partial charge is 0.394 e. The summed E-state index contributed by atoms with van der Waals surface area (Å²) in [4.78, 5) is 14.1. The predicted octanol–water partition coefficient (Wildman–Crippen LogP) is 1.47. The molecule has 20 heavy (non-hydrogen) atoms. The van der Waals surface area contributed by atoms with Gasteiger partial charge in [-0.25, -0.2) is 4.68 Å². The van der Waals surface area contributed by atoms with Crippen molar-refractivity contribution < 1.29 is 9.90 Å². The van der Waals surface area contributed by atoms with Crippen molar-refractivity contribution in [1.82, 2.24) is 14.7 Å². The lowest BCUT2D eigenvalue weighted by molar-refractivity contribution is 0.0671. The molecule has 2 heterocycles. The van der Waals surface area contributed by atoms with Crippen molar-refractivity contribution in [1.29, 1.82) is 0 Å². The van der Waals surface area contributed by atoms with Gasteiger partial charge in [0.05, 0.1) is 18.3 Å². The van der Waals surface area contributed by atoms with E-state index in [-0.39, 0.29) is 18.6 Å². The Morgan fingerprint density at radius 1 is 1.30 bits per heavy atom. The van der Waals surface area contributed by atoms with Crippen LogP contribution in [0.15, 0.2) is 42.6 Å². The van der Waals surface area contributed by atoms with Gasteiger partial charge in [-0.1, -0.05) is 18.2 Å². The third kappa shape index (κ3) is 2.32. The minimum Gasteiger partial charge on any atom is -0.394 e. The summed E-state index contributed by atoms with van der Waals surface area (Å²) in [5, 5.41) is 13.6. The number of rotatable bonds is 3. The second-order valence-corrected chi connectivity index (χ2v) is 4.96. The fourth-order valence-electron chi connectivity index (χ4n) is 2.60. The summed E-state index contributed by atoms with van der Waals surface area (Å²) >= 11 is 0. The molecule has 5 nitrogen and oxygen atoms in total. The predicted molar refractivity (Wildman–Crippen MR) is 74.7 cm³/mol. The van der Waals surface area contributed by atoms with Crippen molar-refractivity contribution in [2.45, 2.75) is 18.9 Å². The van der Waals surface area contributed by atoms with Crippen LogP contribution in [0.5, 0.6) is 0 Å². The van der Waals surface area contributed by atoms with Gasteiger partial charge in [-0.05, 0) is 31.0 Å². The van der Waals surface area contributed by atoms with E-state index < -0.39 is 0 Å². The van der Waals surface area contributed by atoms with Crippen molar-refractivity contribution in [3.05, 3.63) is 48.3 Å². The van der Waals surface area contributed by atoms with Gasteiger partial charge >= 0.3 is 0 Å². The summed E-state index contributed by atoms with van der Waals surface area (Å²) in [5.74, 6) is -0.101. The molecule has 1 aromatic carbocycles. The summed E-state index contributed by atoms with van der Waals surface area (Å²) < 4.78 is 1.69. The van der Waals surface area contributed by atoms with E-state index in [2.05, 4.69) is 5.10 Å². The Hall–Kier alpha value is -2.14. The Morgan fingerprint density at radius 3 is 2.85 bits per heavy atom. The smallest absolute Gasteiger partial charge is 0.274 e. The molecular formula is C15H17N3O2. The van der Waals surface area contributed by atoms with Gasteiger partial charge in [-0.15, -0.1) is 0 Å². The van der Waals surface area contributed by atoms with Crippen LogP contribution in [0.4, 0.5) is 0 Å². The first-order valence-corrected chi connectivity index (χ1v) is 6.82. The first-order chi connectivity index (χ1) is 9.79. The Kier molecular flexibility index (Phi) is 3.52. The standard InChI is InChI=1S/C15H17N3O2/c19-11-13-7-4-9-17(13)15(20)14-8-10-18(16-14)12-5-2-1-3-6-12/h1-3,5-6,8,10,13,19H,4,7,9,11H2/t13-/m0/s1. The number of para-hydroxylation sites is 1. The lowest BCUT2D eigenvalue weighted by atomic mass is 10.2. The number of aliphatic hydroxyl groups is 1. The van der Waals surface area contributed by atoms with Crippen LogP contribution in [0.1, 0.15) is 23.3 Å². The molecule has 3 rings (SSSR count). The number of aromatic nitrogens is 2. The second kappa shape index (κ2) is 5.46. The molecule has 2 aromatic rings. The van der Waals surface area contributed by atoms with E-state index in [0.29, 0.717) is 12.2 Å². The van der Waals surface area contributed by atoms with E-state index in [1.54, 1.807) is 21.8 Å². The van der Waals surface area contributed by atoms with Gasteiger partial charge < -0.3 is 10.0 Å². The van der Waals surface area contributed by atoms with Gasteiger partial charge in [-0.3, -0.25) is 4.79 Å². The van der Waals surface area contributed by atoms with E-state index >= 15 is 0 Å². The van der Waals surface area contributed by atoms with Crippen molar-refractivity contribution in [2.75, 3.05) is 13.2 Å². The quantitative estimate of drug-likeness (QED) is 0.919. The maximum absolute atomic E-state index is 12.4. The number of likely N-dealkylation sites (tertiary alicyclic amines) is 1. The highest BCUT2D eigenvalue weighted by molar-refractivity contribution is 5.92. The molecule has 5 heteroatoms. The highest BCUT2D eigenvalue weighted by Crippen LogP contribution is 2.19. The molecule has 0 bridgehead atoms. The van der Waals surface area contributed by atoms with E-state index in [1.807, 2.05) is 30.3 Å². The molecular weight excluding hydrogens is 254 g/mol. The van der Waals surface area contributed by atoms with Gasteiger partial charge in [0, 0.05) is 12.7 Å². The van der Waals surface area contributed by atoms with E-state index in [0.717, 1.165) is 18.5 Å². The molecule has 0 unspecified atom stereocenters. The van der Waals surface area contributed by atoms with Crippen LogP contribution < -0.4 is 0 Å². The zero-order valence-corrected chi connectivity index (χ0v) is 11.1. The lowest BCUT2D eigenvalue weighted by Crippen LogP contribution is -2.37. The topological polar surface area (TPSA) is 58.4 Å². The maximum atomic E-state index is 12.4. The van der Waals surface area contributed by atoms with Crippen molar-refractivity contribution in [3.63, 3.8) is 0 Å². The Bertz CT molecular complexity index is 594. The highest BCUT2D eigenvalue weighted by atomic mass is 16.3. The Morgan fingerprint density at radius 2 is 2.10 bits per heavy atom. The van der Waals surface area contributed by atoms with Crippen LogP contribution in [0.3, 0.4) is 0 Å². The number of carbonyl (C=O) groups excluding carboxylic acids is 1. The van der Waals surface area contributed by atoms with Crippen LogP contribution in [0.25, 0.3) is 5.69 Å². The lowest BCUT2D eigenvalue weighted by Gasteiger charge is -2.21. The molecule has 1 aromatic heterocycles. The SMILES string of the molecule is O=C(c1ccn(-c2ccccc2)n1)N1CCC[C@H]1CO. The average Bonchev–Trinajstić information content (AvgIpc) is 3.16. The van der Waals surface area contributed by atoms with E-state index in [1.165, 1.54) is 0 Å². The molecule has 1 atom stereocenters. The molecule has 0 aliphatic carbocycles. The third-order valence-corrected chi connectivity index (χ3v) is 3.68. The first kappa shape index (κ1) is 12.9. The molecule has 0 spiro atoms. The van der Waals surface area contributed by atoms with Gasteiger partial charge in [0.25, 0.3) is 5.91 Å². The van der Waals surface area contributed by atoms with Crippen LogP contribution in [-0.2, 0) is 0 Å².